The van der Waals surface area contributed by atoms with E-state index < -0.39 is 5.60 Å². The zero-order chi connectivity index (χ0) is 23.8. The highest BCUT2D eigenvalue weighted by Crippen LogP contribution is 2.23. The Morgan fingerprint density at radius 3 is 2.03 bits per heavy atom. The zero-order valence-electron chi connectivity index (χ0n) is 18.9. The van der Waals surface area contributed by atoms with Crippen LogP contribution in [0, 0.1) is 0 Å². The summed E-state index contributed by atoms with van der Waals surface area (Å²) >= 11 is 0. The molecule has 3 aromatic rings. The van der Waals surface area contributed by atoms with E-state index in [0.29, 0.717) is 29.0 Å². The van der Waals surface area contributed by atoms with Crippen LogP contribution in [0.5, 0.6) is 0 Å². The Labute approximate surface area is 182 Å². The molecule has 10 nitrogen and oxygen atoms in total. The molecule has 3 rings (SSSR count). The molecule has 0 aliphatic rings. The van der Waals surface area contributed by atoms with Crippen molar-refractivity contribution in [1.29, 1.82) is 0 Å². The average Bonchev–Trinajstić information content (AvgIpc) is 3.05. The van der Waals surface area contributed by atoms with E-state index in [1.807, 2.05) is 33.6 Å². The van der Waals surface area contributed by atoms with E-state index in [4.69, 9.17) is 21.4 Å². The van der Waals surface area contributed by atoms with E-state index in [2.05, 4.69) is 25.4 Å². The van der Waals surface area contributed by atoms with E-state index in [1.165, 1.54) is 0 Å². The van der Waals surface area contributed by atoms with Crippen LogP contribution < -0.4 is 16.8 Å². The Balaban J connectivity index is 0.000000605. The SMILES string of the molecule is C=O.CC(C)(C)Nc1nc(-c2ccc(N)cn2)n(-c2ccc(N)nc2)n1.CC(C)(C)O. The molecule has 0 spiro atoms. The van der Waals surface area contributed by atoms with Crippen molar-refractivity contribution in [1.82, 2.24) is 24.7 Å². The maximum Gasteiger partial charge on any atom is 0.243 e. The van der Waals surface area contributed by atoms with Gasteiger partial charge in [-0.3, -0.25) is 4.98 Å². The number of aliphatic hydroxyl groups is 1. The first-order chi connectivity index (χ1) is 14.3. The van der Waals surface area contributed by atoms with Gasteiger partial charge in [0.1, 0.15) is 18.3 Å². The smallest absolute Gasteiger partial charge is 0.243 e. The fourth-order valence-electron chi connectivity index (χ4n) is 2.11. The first kappa shape index (κ1) is 25.5. The number of nitrogen functional groups attached to an aromatic ring is 2. The summed E-state index contributed by atoms with van der Waals surface area (Å²) < 4.78 is 1.68. The number of hydrogen-bond acceptors (Lipinski definition) is 9. The molecule has 10 heteroatoms. The van der Waals surface area contributed by atoms with Crippen molar-refractivity contribution >= 4 is 24.2 Å². The Morgan fingerprint density at radius 2 is 1.58 bits per heavy atom. The second-order valence-electron chi connectivity index (χ2n) is 8.63. The quantitative estimate of drug-likeness (QED) is 0.492. The molecule has 0 aliphatic carbocycles. The highest BCUT2D eigenvalue weighted by Gasteiger charge is 2.18. The maximum absolute atomic E-state index is 8.52. The number of nitrogens with one attached hydrogen (secondary N) is 1. The monoisotopic (exact) mass is 428 g/mol. The molecule has 0 amide bonds. The molecule has 6 N–H and O–H groups in total. The van der Waals surface area contributed by atoms with Crippen molar-refractivity contribution in [2.45, 2.75) is 52.7 Å². The summed E-state index contributed by atoms with van der Waals surface area (Å²) in [4.78, 5) is 21.0. The minimum absolute atomic E-state index is 0.169. The lowest BCUT2D eigenvalue weighted by Gasteiger charge is -2.18. The largest absolute Gasteiger partial charge is 0.397 e. The van der Waals surface area contributed by atoms with Crippen molar-refractivity contribution in [3.8, 4) is 17.2 Å². The number of nitrogens with zero attached hydrogens (tertiary/aromatic N) is 5. The summed E-state index contributed by atoms with van der Waals surface area (Å²) in [6.07, 6.45) is 3.23. The number of pyridine rings is 2. The molecular weight excluding hydrogens is 396 g/mol. The molecule has 0 radical (unpaired) electrons. The summed E-state index contributed by atoms with van der Waals surface area (Å²) in [5.74, 6) is 1.54. The summed E-state index contributed by atoms with van der Waals surface area (Å²) in [6, 6.07) is 7.13. The number of rotatable bonds is 3. The first-order valence-electron chi connectivity index (χ1n) is 9.52. The molecule has 0 saturated carbocycles. The second-order valence-corrected chi connectivity index (χ2v) is 8.63. The second kappa shape index (κ2) is 10.5. The molecule has 0 unspecified atom stereocenters. The average molecular weight is 429 g/mol. The minimum atomic E-state index is -0.500. The number of anilines is 3. The molecule has 31 heavy (non-hydrogen) atoms. The van der Waals surface area contributed by atoms with Gasteiger partial charge in [0.25, 0.3) is 0 Å². The van der Waals surface area contributed by atoms with Crippen LogP contribution in [0.4, 0.5) is 17.5 Å². The van der Waals surface area contributed by atoms with E-state index in [0.717, 1.165) is 5.69 Å². The van der Waals surface area contributed by atoms with Crippen LogP contribution in [0.1, 0.15) is 41.5 Å². The van der Waals surface area contributed by atoms with Gasteiger partial charge in [-0.15, -0.1) is 5.10 Å². The summed E-state index contributed by atoms with van der Waals surface area (Å²) in [5.41, 5.74) is 12.7. The molecule has 0 bridgehead atoms. The van der Waals surface area contributed by atoms with E-state index in [-0.39, 0.29) is 5.54 Å². The third kappa shape index (κ3) is 9.22. The predicted molar refractivity (Wildman–Crippen MR) is 124 cm³/mol. The van der Waals surface area contributed by atoms with Crippen LogP contribution in [0.2, 0.25) is 0 Å². The molecule has 0 fully saturated rings. The third-order valence-corrected chi connectivity index (χ3v) is 3.12. The lowest BCUT2D eigenvalue weighted by atomic mass is 10.1. The molecule has 168 valence electrons. The summed E-state index contributed by atoms with van der Waals surface area (Å²) in [7, 11) is 0. The van der Waals surface area contributed by atoms with Gasteiger partial charge in [0.15, 0.2) is 5.82 Å². The van der Waals surface area contributed by atoms with Crippen LogP contribution in [0.15, 0.2) is 36.7 Å². The van der Waals surface area contributed by atoms with Crippen molar-refractivity contribution in [3.63, 3.8) is 0 Å². The molecule has 0 atom stereocenters. The fraction of sp³-hybridized carbons (Fsp3) is 0.381. The van der Waals surface area contributed by atoms with Crippen molar-refractivity contribution in [2.75, 3.05) is 16.8 Å². The molecule has 0 saturated heterocycles. The Bertz CT molecular complexity index is 870. The van der Waals surface area contributed by atoms with Crippen LogP contribution in [0.3, 0.4) is 0 Å². The number of nitrogens with two attached hydrogens (primary N) is 2. The normalized spacial score (nSPS) is 10.9. The van der Waals surface area contributed by atoms with Gasteiger partial charge in [-0.05, 0) is 65.8 Å². The lowest BCUT2D eigenvalue weighted by molar-refractivity contribution is -0.0980. The summed E-state index contributed by atoms with van der Waals surface area (Å²) in [5, 5.41) is 16.3. The molecule has 0 aliphatic heterocycles. The Morgan fingerprint density at radius 1 is 0.968 bits per heavy atom. The number of carbonyl (C=O) groups is 1. The van der Waals surface area contributed by atoms with Gasteiger partial charge < -0.3 is 26.7 Å². The van der Waals surface area contributed by atoms with Crippen LogP contribution in [-0.2, 0) is 4.79 Å². The Kier molecular flexibility index (Phi) is 8.63. The Hall–Kier alpha value is -3.53. The van der Waals surface area contributed by atoms with Gasteiger partial charge in [0.2, 0.25) is 5.95 Å². The van der Waals surface area contributed by atoms with Gasteiger partial charge >= 0.3 is 0 Å². The van der Waals surface area contributed by atoms with E-state index in [9.17, 15) is 0 Å². The van der Waals surface area contributed by atoms with Gasteiger partial charge in [-0.1, -0.05) is 0 Å². The van der Waals surface area contributed by atoms with Gasteiger partial charge in [0, 0.05) is 5.54 Å². The molecule has 3 heterocycles. The van der Waals surface area contributed by atoms with Crippen molar-refractivity contribution < 1.29 is 9.90 Å². The van der Waals surface area contributed by atoms with E-state index in [1.54, 1.807) is 56.0 Å². The maximum atomic E-state index is 8.52. The first-order valence-corrected chi connectivity index (χ1v) is 9.52. The third-order valence-electron chi connectivity index (χ3n) is 3.12. The standard InChI is InChI=1S/C16H20N8.C4H10O.CH2O/c1-16(2,3)22-15-21-14(12-6-4-10(17)8-19-12)24(23-15)11-5-7-13(18)20-9-11;1-4(2,3)5;1-2/h4-9H,17H2,1-3H3,(H2,18,20)(H,22,23);5H,1-3H3;1H2. The highest BCUT2D eigenvalue weighted by atomic mass is 16.3. The number of aromatic nitrogens is 5. The van der Waals surface area contributed by atoms with Crippen LogP contribution in [0.25, 0.3) is 17.2 Å². The zero-order valence-corrected chi connectivity index (χ0v) is 18.9. The van der Waals surface area contributed by atoms with Crippen molar-refractivity contribution in [3.05, 3.63) is 36.7 Å². The minimum Gasteiger partial charge on any atom is -0.397 e. The summed E-state index contributed by atoms with van der Waals surface area (Å²) in [6.45, 7) is 13.4. The fourth-order valence-corrected chi connectivity index (χ4v) is 2.11. The number of hydrogen-bond donors (Lipinski definition) is 4. The molecular formula is C21H32N8O2. The van der Waals surface area contributed by atoms with Crippen LogP contribution >= 0.6 is 0 Å². The topological polar surface area (TPSA) is 158 Å². The number of carbonyl (C=O) groups excluding carboxylic acids is 1. The van der Waals surface area contributed by atoms with Gasteiger partial charge in [-0.2, -0.15) is 4.98 Å². The van der Waals surface area contributed by atoms with Crippen molar-refractivity contribution in [2.24, 2.45) is 0 Å². The van der Waals surface area contributed by atoms with E-state index >= 15 is 0 Å². The van der Waals surface area contributed by atoms with Gasteiger partial charge in [0.05, 0.1) is 29.4 Å². The predicted octanol–water partition coefficient (Wildman–Crippen LogP) is 2.69. The molecule has 0 aromatic carbocycles. The van der Waals surface area contributed by atoms with Gasteiger partial charge in [-0.25, -0.2) is 9.67 Å². The molecule has 3 aromatic heterocycles. The highest BCUT2D eigenvalue weighted by molar-refractivity contribution is 5.57. The lowest BCUT2D eigenvalue weighted by Crippen LogP contribution is -2.26. The van der Waals surface area contributed by atoms with Crippen LogP contribution in [-0.4, -0.2) is 47.8 Å².